The Bertz CT molecular complexity index is 984. The summed E-state index contributed by atoms with van der Waals surface area (Å²) < 4.78 is 45.9. The summed E-state index contributed by atoms with van der Waals surface area (Å²) in [7, 11) is 2.99. The Kier molecular flexibility index (Phi) is 4.94. The number of hydrogen-bond acceptors (Lipinski definition) is 2. The van der Waals surface area contributed by atoms with E-state index in [2.05, 4.69) is 5.32 Å². The SMILES string of the molecule is CN(C)C(=O)Nc1ccc(Oc2ccc3ccccc3c2)c(C(F)(F)F)c1. The van der Waals surface area contributed by atoms with Crippen molar-refractivity contribution in [3.63, 3.8) is 0 Å². The molecule has 0 atom stereocenters. The van der Waals surface area contributed by atoms with Crippen molar-refractivity contribution in [1.29, 1.82) is 0 Å². The van der Waals surface area contributed by atoms with Gasteiger partial charge in [0.1, 0.15) is 17.1 Å². The summed E-state index contributed by atoms with van der Waals surface area (Å²) in [6.45, 7) is 0. The van der Waals surface area contributed by atoms with Crippen LogP contribution in [0.1, 0.15) is 5.56 Å². The van der Waals surface area contributed by atoms with E-state index in [1.807, 2.05) is 24.3 Å². The molecule has 7 heteroatoms. The highest BCUT2D eigenvalue weighted by Crippen LogP contribution is 2.40. The highest BCUT2D eigenvalue weighted by atomic mass is 19.4. The molecule has 0 fully saturated rings. The number of nitrogens with one attached hydrogen (secondary N) is 1. The third-order valence-electron chi connectivity index (χ3n) is 3.89. The number of fused-ring (bicyclic) bond motifs is 1. The molecule has 3 rings (SSSR count). The fourth-order valence-corrected chi connectivity index (χ4v) is 2.51. The summed E-state index contributed by atoms with van der Waals surface area (Å²) in [5, 5.41) is 4.22. The van der Waals surface area contributed by atoms with Crippen LogP contribution in [0, 0.1) is 0 Å². The lowest BCUT2D eigenvalue weighted by Crippen LogP contribution is -2.27. The van der Waals surface area contributed by atoms with Crippen LogP contribution in [0.2, 0.25) is 0 Å². The van der Waals surface area contributed by atoms with Crippen LogP contribution in [-0.4, -0.2) is 25.0 Å². The number of carbonyl (C=O) groups excluding carboxylic acids is 1. The average Bonchev–Trinajstić information content (AvgIpc) is 2.62. The van der Waals surface area contributed by atoms with Gasteiger partial charge in [0.2, 0.25) is 0 Å². The summed E-state index contributed by atoms with van der Waals surface area (Å²) in [5.41, 5.74) is -0.931. The van der Waals surface area contributed by atoms with Gasteiger partial charge in [-0.25, -0.2) is 4.79 Å². The molecule has 0 spiro atoms. The second kappa shape index (κ2) is 7.19. The first-order valence-corrected chi connectivity index (χ1v) is 8.10. The summed E-state index contributed by atoms with van der Waals surface area (Å²) in [5.74, 6) is -0.0371. The zero-order valence-electron chi connectivity index (χ0n) is 14.7. The fraction of sp³-hybridized carbons (Fsp3) is 0.150. The molecule has 140 valence electrons. The van der Waals surface area contributed by atoms with E-state index < -0.39 is 17.8 Å². The fourth-order valence-electron chi connectivity index (χ4n) is 2.51. The standard InChI is InChI=1S/C20H17F3N2O2/c1-25(2)19(26)24-15-8-10-18(17(12-15)20(21,22)23)27-16-9-7-13-5-3-4-6-14(13)11-16/h3-12H,1-2H3,(H,24,26). The Labute approximate surface area is 154 Å². The van der Waals surface area contributed by atoms with E-state index in [1.165, 1.54) is 31.1 Å². The van der Waals surface area contributed by atoms with Crippen molar-refractivity contribution >= 4 is 22.5 Å². The van der Waals surface area contributed by atoms with Crippen LogP contribution in [0.4, 0.5) is 23.7 Å². The molecule has 2 amide bonds. The van der Waals surface area contributed by atoms with Gasteiger partial charge in [0.15, 0.2) is 0 Å². The molecule has 0 unspecified atom stereocenters. The molecular weight excluding hydrogens is 357 g/mol. The molecule has 0 aliphatic heterocycles. The number of anilines is 1. The predicted molar refractivity (Wildman–Crippen MR) is 98.2 cm³/mol. The molecule has 0 bridgehead atoms. The normalized spacial score (nSPS) is 11.3. The van der Waals surface area contributed by atoms with Gasteiger partial charge in [0.05, 0.1) is 0 Å². The van der Waals surface area contributed by atoms with E-state index in [0.29, 0.717) is 5.75 Å². The Hall–Kier alpha value is -3.22. The minimum Gasteiger partial charge on any atom is -0.457 e. The van der Waals surface area contributed by atoms with E-state index in [4.69, 9.17) is 4.74 Å². The van der Waals surface area contributed by atoms with Crippen LogP contribution in [-0.2, 0) is 6.18 Å². The zero-order chi connectivity index (χ0) is 19.6. The van der Waals surface area contributed by atoms with E-state index in [0.717, 1.165) is 16.8 Å². The first kappa shape index (κ1) is 18.6. The third-order valence-corrected chi connectivity index (χ3v) is 3.89. The predicted octanol–water partition coefficient (Wildman–Crippen LogP) is 5.74. The van der Waals surface area contributed by atoms with E-state index in [1.54, 1.807) is 18.2 Å². The highest BCUT2D eigenvalue weighted by molar-refractivity contribution is 5.89. The number of halogens is 3. The molecule has 3 aromatic rings. The third kappa shape index (κ3) is 4.31. The van der Waals surface area contributed by atoms with E-state index in [9.17, 15) is 18.0 Å². The number of rotatable bonds is 3. The van der Waals surface area contributed by atoms with Crippen molar-refractivity contribution in [2.45, 2.75) is 6.18 Å². The number of benzene rings is 3. The van der Waals surface area contributed by atoms with Crippen LogP contribution in [0.3, 0.4) is 0 Å². The minimum atomic E-state index is -4.63. The number of carbonyl (C=O) groups is 1. The van der Waals surface area contributed by atoms with Gasteiger partial charge in [-0.1, -0.05) is 30.3 Å². The lowest BCUT2D eigenvalue weighted by Gasteiger charge is -2.17. The summed E-state index contributed by atoms with van der Waals surface area (Å²) in [6, 6.07) is 15.5. The van der Waals surface area contributed by atoms with Crippen molar-refractivity contribution in [1.82, 2.24) is 4.90 Å². The Morgan fingerprint density at radius 3 is 2.33 bits per heavy atom. The van der Waals surface area contributed by atoms with Crippen molar-refractivity contribution in [2.75, 3.05) is 19.4 Å². The van der Waals surface area contributed by atoms with E-state index >= 15 is 0 Å². The Morgan fingerprint density at radius 1 is 0.963 bits per heavy atom. The molecular formula is C20H17F3N2O2. The smallest absolute Gasteiger partial charge is 0.420 e. The minimum absolute atomic E-state index is 0.0342. The molecule has 0 saturated heterocycles. The zero-order valence-corrected chi connectivity index (χ0v) is 14.7. The quantitative estimate of drug-likeness (QED) is 0.635. The molecule has 0 aliphatic rings. The maximum absolute atomic E-state index is 13.5. The lowest BCUT2D eigenvalue weighted by molar-refractivity contribution is -0.138. The van der Waals surface area contributed by atoms with Gasteiger partial charge in [-0.05, 0) is 41.1 Å². The number of alkyl halides is 3. The summed E-state index contributed by atoms with van der Waals surface area (Å²) in [6.07, 6.45) is -4.63. The van der Waals surface area contributed by atoms with Crippen LogP contribution >= 0.6 is 0 Å². The lowest BCUT2D eigenvalue weighted by atomic mass is 10.1. The second-order valence-corrected chi connectivity index (χ2v) is 6.14. The highest BCUT2D eigenvalue weighted by Gasteiger charge is 2.35. The average molecular weight is 374 g/mol. The Morgan fingerprint density at radius 2 is 1.67 bits per heavy atom. The largest absolute Gasteiger partial charge is 0.457 e. The van der Waals surface area contributed by atoms with Crippen LogP contribution in [0.25, 0.3) is 10.8 Å². The van der Waals surface area contributed by atoms with Crippen molar-refractivity contribution in [3.8, 4) is 11.5 Å². The molecule has 4 nitrogen and oxygen atoms in total. The summed E-state index contributed by atoms with van der Waals surface area (Å²) in [4.78, 5) is 12.9. The number of nitrogens with zero attached hydrogens (tertiary/aromatic N) is 1. The molecule has 0 saturated carbocycles. The molecule has 0 heterocycles. The van der Waals surface area contributed by atoms with Crippen molar-refractivity contribution in [2.24, 2.45) is 0 Å². The topological polar surface area (TPSA) is 41.6 Å². The molecule has 27 heavy (non-hydrogen) atoms. The first-order valence-electron chi connectivity index (χ1n) is 8.10. The van der Waals surface area contributed by atoms with Gasteiger partial charge in [-0.3, -0.25) is 0 Å². The molecule has 1 N–H and O–H groups in total. The second-order valence-electron chi connectivity index (χ2n) is 6.14. The van der Waals surface area contributed by atoms with Gasteiger partial charge in [0.25, 0.3) is 0 Å². The number of ether oxygens (including phenoxy) is 1. The molecule has 0 aromatic heterocycles. The van der Waals surface area contributed by atoms with Crippen LogP contribution < -0.4 is 10.1 Å². The maximum Gasteiger partial charge on any atom is 0.420 e. The molecule has 0 aliphatic carbocycles. The first-order chi connectivity index (χ1) is 12.7. The van der Waals surface area contributed by atoms with Crippen LogP contribution in [0.5, 0.6) is 11.5 Å². The number of hydrogen-bond donors (Lipinski definition) is 1. The van der Waals surface area contributed by atoms with Gasteiger partial charge < -0.3 is 15.0 Å². The van der Waals surface area contributed by atoms with Gasteiger partial charge in [0, 0.05) is 19.8 Å². The Balaban J connectivity index is 1.94. The van der Waals surface area contributed by atoms with Gasteiger partial charge in [-0.2, -0.15) is 13.2 Å². The van der Waals surface area contributed by atoms with Crippen molar-refractivity contribution in [3.05, 3.63) is 66.2 Å². The van der Waals surface area contributed by atoms with Gasteiger partial charge >= 0.3 is 12.2 Å². The van der Waals surface area contributed by atoms with Crippen molar-refractivity contribution < 1.29 is 22.7 Å². The van der Waals surface area contributed by atoms with Gasteiger partial charge in [-0.15, -0.1) is 0 Å². The summed E-state index contributed by atoms with van der Waals surface area (Å²) >= 11 is 0. The van der Waals surface area contributed by atoms with Crippen LogP contribution in [0.15, 0.2) is 60.7 Å². The monoisotopic (exact) mass is 374 g/mol. The molecule has 3 aromatic carbocycles. The van der Waals surface area contributed by atoms with E-state index in [-0.39, 0.29) is 11.4 Å². The number of urea groups is 1. The maximum atomic E-state index is 13.5. The molecule has 0 radical (unpaired) electrons. The number of amides is 2.